The summed E-state index contributed by atoms with van der Waals surface area (Å²) < 4.78 is 12.7. The van der Waals surface area contributed by atoms with Crippen LogP contribution in [0.15, 0.2) is 76.7 Å². The summed E-state index contributed by atoms with van der Waals surface area (Å²) in [5.74, 6) is 1.06. The number of carbonyl (C=O) groups is 1. The quantitative estimate of drug-likeness (QED) is 0.337. The maximum atomic E-state index is 13.5. The van der Waals surface area contributed by atoms with E-state index >= 15 is 0 Å². The number of anilines is 1. The number of fused-ring (bicyclic) bond motifs is 2. The minimum absolute atomic E-state index is 0.165. The molecule has 34 heavy (non-hydrogen) atoms. The molecule has 0 spiro atoms. The van der Waals surface area contributed by atoms with Crippen molar-refractivity contribution in [1.82, 2.24) is 9.55 Å². The van der Waals surface area contributed by atoms with Crippen LogP contribution >= 0.6 is 11.8 Å². The summed E-state index contributed by atoms with van der Waals surface area (Å²) in [5.41, 5.74) is 2.73. The molecule has 0 saturated heterocycles. The van der Waals surface area contributed by atoms with Crippen molar-refractivity contribution < 1.29 is 14.3 Å². The molecule has 1 aliphatic heterocycles. The first-order valence-electron chi connectivity index (χ1n) is 11.0. The van der Waals surface area contributed by atoms with Crippen molar-refractivity contribution in [2.24, 2.45) is 0 Å². The lowest BCUT2D eigenvalue weighted by Crippen LogP contribution is -2.26. The average Bonchev–Trinajstić information content (AvgIpc) is 2.85. The van der Waals surface area contributed by atoms with Crippen LogP contribution in [-0.2, 0) is 4.79 Å². The van der Waals surface area contributed by atoms with Crippen molar-refractivity contribution in [1.29, 1.82) is 0 Å². The summed E-state index contributed by atoms with van der Waals surface area (Å²) in [7, 11) is 0. The number of aryl methyl sites for hydroxylation is 1. The number of thioether (sulfide) groups is 1. The first-order valence-corrected chi connectivity index (χ1v) is 11.8. The number of amides is 1. The van der Waals surface area contributed by atoms with Gasteiger partial charge in [0.2, 0.25) is 5.91 Å². The van der Waals surface area contributed by atoms with E-state index in [0.29, 0.717) is 46.5 Å². The molecule has 1 N–H and O–H groups in total. The maximum Gasteiger partial charge on any atom is 0.266 e. The van der Waals surface area contributed by atoms with Gasteiger partial charge in [-0.2, -0.15) is 0 Å². The summed E-state index contributed by atoms with van der Waals surface area (Å²) >= 11 is 1.24. The Bertz CT molecular complexity index is 1450. The van der Waals surface area contributed by atoms with Crippen LogP contribution in [0, 0.1) is 6.92 Å². The largest absolute Gasteiger partial charge is 0.486 e. The Morgan fingerprint density at radius 3 is 2.59 bits per heavy atom. The second-order valence-corrected chi connectivity index (χ2v) is 9.25. The summed E-state index contributed by atoms with van der Waals surface area (Å²) in [6.45, 7) is 4.72. The Kier molecular flexibility index (Phi) is 5.98. The van der Waals surface area contributed by atoms with E-state index in [2.05, 4.69) is 5.32 Å². The van der Waals surface area contributed by atoms with Crippen LogP contribution in [0.1, 0.15) is 12.5 Å². The fourth-order valence-corrected chi connectivity index (χ4v) is 4.71. The Morgan fingerprint density at radius 1 is 1.03 bits per heavy atom. The molecule has 1 amide bonds. The van der Waals surface area contributed by atoms with E-state index in [4.69, 9.17) is 14.5 Å². The molecule has 0 radical (unpaired) electrons. The second kappa shape index (κ2) is 9.23. The zero-order valence-corrected chi connectivity index (χ0v) is 19.6. The van der Waals surface area contributed by atoms with Crippen LogP contribution in [0.5, 0.6) is 11.5 Å². The van der Waals surface area contributed by atoms with Crippen molar-refractivity contribution >= 4 is 34.3 Å². The number of aromatic nitrogens is 2. The van der Waals surface area contributed by atoms with Crippen LogP contribution in [0.4, 0.5) is 5.69 Å². The Labute approximate surface area is 200 Å². The lowest BCUT2D eigenvalue weighted by atomic mass is 10.2. The molecule has 4 aromatic rings. The van der Waals surface area contributed by atoms with Gasteiger partial charge < -0.3 is 14.8 Å². The molecule has 3 aromatic carbocycles. The third-order valence-corrected chi connectivity index (χ3v) is 6.61. The summed E-state index contributed by atoms with van der Waals surface area (Å²) in [6.07, 6.45) is 0. The van der Waals surface area contributed by atoms with Gasteiger partial charge in [-0.3, -0.25) is 14.2 Å². The number of nitrogens with zero attached hydrogens (tertiary/aromatic N) is 2. The molecule has 0 bridgehead atoms. The van der Waals surface area contributed by atoms with E-state index < -0.39 is 5.25 Å². The molecule has 1 aliphatic rings. The monoisotopic (exact) mass is 473 g/mol. The Balaban J connectivity index is 1.47. The molecule has 0 aliphatic carbocycles. The number of rotatable bonds is 5. The van der Waals surface area contributed by atoms with E-state index in [1.54, 1.807) is 35.8 Å². The molecular weight excluding hydrogens is 450 g/mol. The minimum atomic E-state index is -0.517. The summed E-state index contributed by atoms with van der Waals surface area (Å²) in [6, 6.07) is 20.2. The molecule has 2 heterocycles. The third kappa shape index (κ3) is 4.24. The molecule has 172 valence electrons. The van der Waals surface area contributed by atoms with E-state index in [1.165, 1.54) is 11.8 Å². The smallest absolute Gasteiger partial charge is 0.266 e. The number of nitrogens with one attached hydrogen (secondary N) is 1. The average molecular weight is 474 g/mol. The molecule has 1 atom stereocenters. The van der Waals surface area contributed by atoms with Gasteiger partial charge in [0.05, 0.1) is 21.8 Å². The van der Waals surface area contributed by atoms with Crippen LogP contribution in [0.25, 0.3) is 16.6 Å². The van der Waals surface area contributed by atoms with Gasteiger partial charge in [-0.25, -0.2) is 4.98 Å². The van der Waals surface area contributed by atoms with E-state index in [1.807, 2.05) is 49.4 Å². The lowest BCUT2D eigenvalue weighted by molar-refractivity contribution is -0.115. The van der Waals surface area contributed by atoms with E-state index in [0.717, 1.165) is 11.3 Å². The van der Waals surface area contributed by atoms with Crippen molar-refractivity contribution in [3.05, 3.63) is 82.6 Å². The first-order chi connectivity index (χ1) is 16.5. The second-order valence-electron chi connectivity index (χ2n) is 7.95. The normalized spacial score (nSPS) is 13.5. The zero-order valence-electron chi connectivity index (χ0n) is 18.8. The van der Waals surface area contributed by atoms with Crippen LogP contribution in [0.3, 0.4) is 0 Å². The Hall–Kier alpha value is -3.78. The molecule has 0 fully saturated rings. The highest BCUT2D eigenvalue weighted by Crippen LogP contribution is 2.33. The van der Waals surface area contributed by atoms with Crippen molar-refractivity contribution in [3.8, 4) is 17.2 Å². The molecule has 5 rings (SSSR count). The van der Waals surface area contributed by atoms with Crippen molar-refractivity contribution in [3.63, 3.8) is 0 Å². The first kappa shape index (κ1) is 22.0. The van der Waals surface area contributed by atoms with Gasteiger partial charge in [-0.15, -0.1) is 0 Å². The van der Waals surface area contributed by atoms with Gasteiger partial charge >= 0.3 is 0 Å². The van der Waals surface area contributed by atoms with Gasteiger partial charge in [0.15, 0.2) is 16.7 Å². The lowest BCUT2D eigenvalue weighted by Gasteiger charge is -2.20. The summed E-state index contributed by atoms with van der Waals surface area (Å²) in [5, 5.41) is 3.40. The van der Waals surface area contributed by atoms with Gasteiger partial charge in [0.25, 0.3) is 5.56 Å². The van der Waals surface area contributed by atoms with Gasteiger partial charge in [0, 0.05) is 11.8 Å². The number of benzene rings is 3. The highest BCUT2D eigenvalue weighted by Gasteiger charge is 2.22. The third-order valence-electron chi connectivity index (χ3n) is 5.56. The predicted octanol–water partition coefficient (Wildman–Crippen LogP) is 4.58. The number of carbonyl (C=O) groups excluding carboxylic acids is 1. The standard InChI is InChI=1S/C26H23N3O4S/c1-16-7-3-6-10-21(16)29-25(31)19-8-4-5-9-20(19)28-26(29)34-17(2)24(30)27-18-11-12-22-23(15-18)33-14-13-32-22/h3-12,15,17H,13-14H2,1-2H3,(H,27,30)/t17-/m1/s1. The molecule has 7 nitrogen and oxygen atoms in total. The van der Waals surface area contributed by atoms with E-state index in [-0.39, 0.29) is 11.5 Å². The van der Waals surface area contributed by atoms with Crippen LogP contribution < -0.4 is 20.3 Å². The number of ether oxygens (including phenoxy) is 2. The van der Waals surface area contributed by atoms with Gasteiger partial charge in [-0.05, 0) is 49.7 Å². The number of hydrogen-bond acceptors (Lipinski definition) is 6. The molecule has 8 heteroatoms. The predicted molar refractivity (Wildman–Crippen MR) is 133 cm³/mol. The SMILES string of the molecule is Cc1ccccc1-n1c(S[C@H](C)C(=O)Nc2ccc3c(c2)OCCO3)nc2ccccc2c1=O. The van der Waals surface area contributed by atoms with Gasteiger partial charge in [0.1, 0.15) is 13.2 Å². The van der Waals surface area contributed by atoms with Crippen LogP contribution in [0.2, 0.25) is 0 Å². The minimum Gasteiger partial charge on any atom is -0.486 e. The zero-order chi connectivity index (χ0) is 23.7. The fraction of sp³-hybridized carbons (Fsp3) is 0.192. The molecule has 0 saturated carbocycles. The fourth-order valence-electron chi connectivity index (χ4n) is 3.79. The number of para-hydroxylation sites is 2. The molecule has 1 aromatic heterocycles. The van der Waals surface area contributed by atoms with Crippen molar-refractivity contribution in [2.75, 3.05) is 18.5 Å². The van der Waals surface area contributed by atoms with Crippen molar-refractivity contribution in [2.45, 2.75) is 24.3 Å². The molecule has 0 unspecified atom stereocenters. The van der Waals surface area contributed by atoms with Crippen LogP contribution in [-0.4, -0.2) is 33.9 Å². The topological polar surface area (TPSA) is 82.5 Å². The highest BCUT2D eigenvalue weighted by atomic mass is 32.2. The maximum absolute atomic E-state index is 13.5. The van der Waals surface area contributed by atoms with E-state index in [9.17, 15) is 9.59 Å². The summed E-state index contributed by atoms with van der Waals surface area (Å²) in [4.78, 5) is 31.2. The number of hydrogen-bond donors (Lipinski definition) is 1. The Morgan fingerprint density at radius 2 is 1.76 bits per heavy atom. The van der Waals surface area contributed by atoms with Gasteiger partial charge in [-0.1, -0.05) is 42.1 Å². The molecular formula is C26H23N3O4S. The highest BCUT2D eigenvalue weighted by molar-refractivity contribution is 8.00.